The smallest absolute Gasteiger partial charge is 0.310 e. The molecular formula is C12H17NO4. The molecule has 2 heterocycles. The van der Waals surface area contributed by atoms with E-state index in [-0.39, 0.29) is 18.1 Å². The van der Waals surface area contributed by atoms with E-state index in [1.54, 1.807) is 6.08 Å². The van der Waals surface area contributed by atoms with Crippen LogP contribution in [0.3, 0.4) is 0 Å². The molecule has 4 atom stereocenters. The zero-order valence-corrected chi connectivity index (χ0v) is 9.59. The maximum Gasteiger partial charge on any atom is 0.310 e. The Hall–Kier alpha value is -1.36. The van der Waals surface area contributed by atoms with Crippen LogP contribution in [-0.2, 0) is 14.3 Å². The Morgan fingerprint density at radius 3 is 2.59 bits per heavy atom. The third-order valence-corrected chi connectivity index (χ3v) is 3.51. The van der Waals surface area contributed by atoms with Gasteiger partial charge in [0.2, 0.25) is 5.91 Å². The van der Waals surface area contributed by atoms with Crippen LogP contribution in [0, 0.1) is 11.8 Å². The van der Waals surface area contributed by atoms with Gasteiger partial charge in [0.05, 0.1) is 24.0 Å². The van der Waals surface area contributed by atoms with Gasteiger partial charge >= 0.3 is 5.97 Å². The van der Waals surface area contributed by atoms with E-state index in [1.807, 2.05) is 0 Å². The van der Waals surface area contributed by atoms with E-state index in [2.05, 4.69) is 11.9 Å². The predicted octanol–water partition coefficient (Wildman–Crippen LogP) is 0.557. The molecular weight excluding hydrogens is 222 g/mol. The van der Waals surface area contributed by atoms with Gasteiger partial charge in [0.15, 0.2) is 0 Å². The molecule has 2 saturated heterocycles. The summed E-state index contributed by atoms with van der Waals surface area (Å²) in [4.78, 5) is 23.1. The lowest BCUT2D eigenvalue weighted by atomic mass is 9.79. The molecule has 0 radical (unpaired) electrons. The number of fused-ring (bicyclic) bond motifs is 2. The van der Waals surface area contributed by atoms with Crippen LogP contribution >= 0.6 is 0 Å². The molecule has 2 unspecified atom stereocenters. The number of carbonyl (C=O) groups is 2. The number of rotatable bonds is 5. The molecule has 2 N–H and O–H groups in total. The van der Waals surface area contributed by atoms with Crippen molar-refractivity contribution in [3.05, 3.63) is 12.7 Å². The number of nitrogens with one attached hydrogen (secondary N) is 1. The van der Waals surface area contributed by atoms with Crippen LogP contribution < -0.4 is 5.32 Å². The predicted molar refractivity (Wildman–Crippen MR) is 60.3 cm³/mol. The van der Waals surface area contributed by atoms with Gasteiger partial charge in [-0.1, -0.05) is 6.08 Å². The molecule has 2 aliphatic heterocycles. The zero-order valence-electron chi connectivity index (χ0n) is 9.59. The summed E-state index contributed by atoms with van der Waals surface area (Å²) >= 11 is 0. The molecule has 0 spiro atoms. The molecule has 0 aliphatic carbocycles. The number of carboxylic acids is 1. The zero-order chi connectivity index (χ0) is 12.4. The molecule has 5 heteroatoms. The lowest BCUT2D eigenvalue weighted by Gasteiger charge is -2.23. The summed E-state index contributed by atoms with van der Waals surface area (Å²) in [6, 6.07) is 0. The van der Waals surface area contributed by atoms with Crippen LogP contribution in [0.25, 0.3) is 0 Å². The van der Waals surface area contributed by atoms with Gasteiger partial charge in [-0.2, -0.15) is 0 Å². The van der Waals surface area contributed by atoms with Gasteiger partial charge in [-0.15, -0.1) is 6.58 Å². The first-order valence-electron chi connectivity index (χ1n) is 5.92. The highest BCUT2D eigenvalue weighted by Crippen LogP contribution is 2.43. The molecule has 0 aromatic rings. The van der Waals surface area contributed by atoms with E-state index < -0.39 is 17.8 Å². The first-order valence-corrected chi connectivity index (χ1v) is 5.92. The van der Waals surface area contributed by atoms with Gasteiger partial charge in [0.25, 0.3) is 0 Å². The molecule has 0 aromatic carbocycles. The molecule has 2 aliphatic rings. The molecule has 17 heavy (non-hydrogen) atoms. The molecule has 0 saturated carbocycles. The maximum atomic E-state index is 11.9. The van der Waals surface area contributed by atoms with Crippen LogP contribution in [0.15, 0.2) is 12.7 Å². The van der Waals surface area contributed by atoms with Crippen molar-refractivity contribution in [3.63, 3.8) is 0 Å². The second-order valence-corrected chi connectivity index (χ2v) is 4.55. The van der Waals surface area contributed by atoms with Crippen molar-refractivity contribution in [1.29, 1.82) is 0 Å². The van der Waals surface area contributed by atoms with E-state index in [9.17, 15) is 9.59 Å². The van der Waals surface area contributed by atoms with E-state index >= 15 is 0 Å². The number of hydrogen-bond donors (Lipinski definition) is 2. The fraction of sp³-hybridized carbons (Fsp3) is 0.667. The Labute approximate surface area is 99.8 Å². The lowest BCUT2D eigenvalue weighted by Crippen LogP contribution is -2.44. The van der Waals surface area contributed by atoms with Gasteiger partial charge in [-0.05, 0) is 19.3 Å². The van der Waals surface area contributed by atoms with Crippen LogP contribution in [0.4, 0.5) is 0 Å². The standard InChI is InChI=1S/C12H17NO4/c1-2-3-6-13-11(14)9-7-4-5-8(17-7)10(9)12(15)16/h2,7-10H,1,3-6H2,(H,13,14)(H,15,16)/t7-,8+,9?,10?/m0/s1. The largest absolute Gasteiger partial charge is 0.481 e. The summed E-state index contributed by atoms with van der Waals surface area (Å²) in [5.74, 6) is -2.35. The number of ether oxygens (including phenoxy) is 1. The van der Waals surface area contributed by atoms with Crippen molar-refractivity contribution in [2.24, 2.45) is 11.8 Å². The Kier molecular flexibility index (Phi) is 3.47. The number of aliphatic carboxylic acids is 1. The van der Waals surface area contributed by atoms with Crippen molar-refractivity contribution in [2.45, 2.75) is 31.5 Å². The van der Waals surface area contributed by atoms with Gasteiger partial charge in [-0.25, -0.2) is 0 Å². The quantitative estimate of drug-likeness (QED) is 0.543. The number of amides is 1. The van der Waals surface area contributed by atoms with Gasteiger partial charge in [-0.3, -0.25) is 9.59 Å². The topological polar surface area (TPSA) is 75.6 Å². The summed E-state index contributed by atoms with van der Waals surface area (Å²) in [7, 11) is 0. The second kappa shape index (κ2) is 4.87. The lowest BCUT2D eigenvalue weighted by molar-refractivity contribution is -0.147. The Balaban J connectivity index is 2.00. The first-order chi connectivity index (χ1) is 8.15. The monoisotopic (exact) mass is 239 g/mol. The SMILES string of the molecule is C=CCCNC(=O)C1C(C(=O)O)[C@H]2CC[C@@H]1O2. The summed E-state index contributed by atoms with van der Waals surface area (Å²) in [5, 5.41) is 11.9. The van der Waals surface area contributed by atoms with Crippen LogP contribution in [0.5, 0.6) is 0 Å². The van der Waals surface area contributed by atoms with Crippen molar-refractivity contribution >= 4 is 11.9 Å². The van der Waals surface area contributed by atoms with E-state index in [0.29, 0.717) is 13.0 Å². The highest BCUT2D eigenvalue weighted by molar-refractivity contribution is 5.86. The fourth-order valence-electron chi connectivity index (χ4n) is 2.74. The third kappa shape index (κ3) is 2.20. The van der Waals surface area contributed by atoms with E-state index in [0.717, 1.165) is 12.8 Å². The van der Waals surface area contributed by atoms with E-state index in [4.69, 9.17) is 9.84 Å². The Morgan fingerprint density at radius 1 is 1.35 bits per heavy atom. The highest BCUT2D eigenvalue weighted by atomic mass is 16.5. The van der Waals surface area contributed by atoms with Crippen LogP contribution in [0.2, 0.25) is 0 Å². The maximum absolute atomic E-state index is 11.9. The van der Waals surface area contributed by atoms with Crippen molar-refractivity contribution in [2.75, 3.05) is 6.54 Å². The molecule has 2 rings (SSSR count). The van der Waals surface area contributed by atoms with Crippen molar-refractivity contribution in [3.8, 4) is 0 Å². The molecule has 0 aromatic heterocycles. The van der Waals surface area contributed by atoms with Crippen molar-refractivity contribution < 1.29 is 19.4 Å². The first kappa shape index (κ1) is 12.1. The minimum atomic E-state index is -0.930. The summed E-state index contributed by atoms with van der Waals surface area (Å²) < 4.78 is 5.52. The molecule has 94 valence electrons. The second-order valence-electron chi connectivity index (χ2n) is 4.55. The Bertz CT molecular complexity index is 341. The molecule has 1 amide bonds. The number of carboxylic acid groups (broad SMARTS) is 1. The van der Waals surface area contributed by atoms with Crippen molar-refractivity contribution in [1.82, 2.24) is 5.32 Å². The molecule has 2 bridgehead atoms. The minimum absolute atomic E-state index is 0.202. The fourth-order valence-corrected chi connectivity index (χ4v) is 2.74. The average Bonchev–Trinajstić information content (AvgIpc) is 2.88. The average molecular weight is 239 g/mol. The van der Waals surface area contributed by atoms with Crippen LogP contribution in [0.1, 0.15) is 19.3 Å². The third-order valence-electron chi connectivity index (χ3n) is 3.51. The van der Waals surface area contributed by atoms with Gasteiger partial charge in [0, 0.05) is 6.54 Å². The number of hydrogen-bond acceptors (Lipinski definition) is 3. The molecule has 2 fully saturated rings. The minimum Gasteiger partial charge on any atom is -0.481 e. The Morgan fingerprint density at radius 2 is 2.00 bits per heavy atom. The van der Waals surface area contributed by atoms with E-state index in [1.165, 1.54) is 0 Å². The summed E-state index contributed by atoms with van der Waals surface area (Å²) in [6.07, 6.45) is 3.43. The normalized spacial score (nSPS) is 34.6. The van der Waals surface area contributed by atoms with Gasteiger partial charge in [0.1, 0.15) is 0 Å². The highest BCUT2D eigenvalue weighted by Gasteiger charge is 2.55. The van der Waals surface area contributed by atoms with Crippen LogP contribution in [-0.4, -0.2) is 35.7 Å². The molecule has 5 nitrogen and oxygen atoms in total. The number of carbonyl (C=O) groups excluding carboxylic acids is 1. The summed E-state index contributed by atoms with van der Waals surface area (Å²) in [5.41, 5.74) is 0. The van der Waals surface area contributed by atoms with Gasteiger partial charge < -0.3 is 15.2 Å². The summed E-state index contributed by atoms with van der Waals surface area (Å²) in [6.45, 7) is 4.07.